The molecule has 0 radical (unpaired) electrons. The Morgan fingerprint density at radius 3 is 1.96 bits per heavy atom. The van der Waals surface area contributed by atoms with Crippen molar-refractivity contribution in [3.63, 3.8) is 0 Å². The third kappa shape index (κ3) is 4.99. The van der Waals surface area contributed by atoms with Crippen LogP contribution in [0.15, 0.2) is 84.9 Å². The second kappa shape index (κ2) is 9.26. The molecule has 0 saturated carbocycles. The van der Waals surface area contributed by atoms with Gasteiger partial charge in [0.2, 0.25) is 5.91 Å². The Morgan fingerprint density at radius 2 is 1.44 bits per heavy atom. The number of hydrogen-bond donors (Lipinski definition) is 1. The average molecular weight is 355 g/mol. The van der Waals surface area contributed by atoms with Crippen LogP contribution >= 0.6 is 0 Å². The first kappa shape index (κ1) is 18.3. The van der Waals surface area contributed by atoms with Gasteiger partial charge in [0.25, 0.3) is 0 Å². The van der Waals surface area contributed by atoms with Crippen LogP contribution < -0.4 is 10.1 Å². The minimum atomic E-state index is -0.352. The number of amides is 1. The Labute approximate surface area is 160 Å². The number of ether oxygens (including phenoxy) is 1. The van der Waals surface area contributed by atoms with E-state index in [1.54, 1.807) is 7.11 Å². The van der Waals surface area contributed by atoms with Crippen molar-refractivity contribution in [2.45, 2.75) is 5.92 Å². The molecule has 134 valence electrons. The number of carbonyl (C=O) groups excluding carboxylic acids is 1. The highest BCUT2D eigenvalue weighted by molar-refractivity contribution is 5.87. The molecule has 3 heteroatoms. The number of methoxy groups -OCH3 is 1. The van der Waals surface area contributed by atoms with E-state index in [9.17, 15) is 4.79 Å². The number of carbonyl (C=O) groups is 1. The fourth-order valence-electron chi connectivity index (χ4n) is 2.84. The van der Waals surface area contributed by atoms with Gasteiger partial charge in [-0.25, -0.2) is 0 Å². The summed E-state index contributed by atoms with van der Waals surface area (Å²) in [7, 11) is 1.63. The van der Waals surface area contributed by atoms with Gasteiger partial charge in [0.05, 0.1) is 19.6 Å². The van der Waals surface area contributed by atoms with Crippen molar-refractivity contribution in [1.82, 2.24) is 5.32 Å². The van der Waals surface area contributed by atoms with Crippen LogP contribution in [0, 0.1) is 11.8 Å². The first-order valence-corrected chi connectivity index (χ1v) is 8.78. The van der Waals surface area contributed by atoms with Gasteiger partial charge in [0.15, 0.2) is 0 Å². The smallest absolute Gasteiger partial charge is 0.232 e. The minimum Gasteiger partial charge on any atom is -0.497 e. The second-order valence-electron chi connectivity index (χ2n) is 6.00. The number of rotatable bonds is 5. The maximum absolute atomic E-state index is 12.8. The summed E-state index contributed by atoms with van der Waals surface area (Å²) in [6.07, 6.45) is 0. The molecule has 0 spiro atoms. The van der Waals surface area contributed by atoms with Crippen molar-refractivity contribution in [3.8, 4) is 17.6 Å². The van der Waals surface area contributed by atoms with Crippen molar-refractivity contribution < 1.29 is 9.53 Å². The van der Waals surface area contributed by atoms with Crippen LogP contribution in [-0.2, 0) is 4.79 Å². The molecule has 0 aliphatic carbocycles. The monoisotopic (exact) mass is 355 g/mol. The summed E-state index contributed by atoms with van der Waals surface area (Å²) >= 11 is 0. The largest absolute Gasteiger partial charge is 0.497 e. The average Bonchev–Trinajstić information content (AvgIpc) is 2.73. The normalized spacial score (nSPS) is 10.0. The molecule has 3 aromatic rings. The van der Waals surface area contributed by atoms with Crippen molar-refractivity contribution in [2.24, 2.45) is 0 Å². The Balaban J connectivity index is 1.69. The molecule has 0 fully saturated rings. The van der Waals surface area contributed by atoms with Gasteiger partial charge < -0.3 is 10.1 Å². The molecule has 0 aliphatic heterocycles. The van der Waals surface area contributed by atoms with Gasteiger partial charge in [-0.05, 0) is 35.4 Å². The third-order valence-electron chi connectivity index (χ3n) is 4.20. The number of benzene rings is 3. The van der Waals surface area contributed by atoms with E-state index in [0.717, 1.165) is 22.4 Å². The van der Waals surface area contributed by atoms with Crippen molar-refractivity contribution in [3.05, 3.63) is 102 Å². The highest BCUT2D eigenvalue weighted by atomic mass is 16.5. The molecule has 0 bridgehead atoms. The predicted molar refractivity (Wildman–Crippen MR) is 108 cm³/mol. The van der Waals surface area contributed by atoms with Gasteiger partial charge in [-0.3, -0.25) is 4.79 Å². The molecule has 0 saturated heterocycles. The lowest BCUT2D eigenvalue weighted by Crippen LogP contribution is -2.30. The summed E-state index contributed by atoms with van der Waals surface area (Å²) < 4.78 is 5.13. The van der Waals surface area contributed by atoms with Crippen molar-refractivity contribution in [1.29, 1.82) is 0 Å². The van der Waals surface area contributed by atoms with E-state index in [2.05, 4.69) is 17.2 Å². The van der Waals surface area contributed by atoms with Gasteiger partial charge in [0.1, 0.15) is 5.75 Å². The first-order valence-electron chi connectivity index (χ1n) is 8.78. The van der Waals surface area contributed by atoms with Crippen LogP contribution in [0.5, 0.6) is 5.75 Å². The standard InChI is InChI=1S/C24H21NO2/c1-27-22-16-14-19(15-17-22)9-8-18-25-24(26)23(20-10-4-2-5-11-20)21-12-6-3-7-13-21/h2-7,10-17,23H,18H2,1H3,(H,25,26). The first-order chi connectivity index (χ1) is 13.3. The summed E-state index contributed by atoms with van der Waals surface area (Å²) in [6.45, 7) is 0.293. The number of nitrogens with one attached hydrogen (secondary N) is 1. The van der Waals surface area contributed by atoms with Gasteiger partial charge in [-0.15, -0.1) is 0 Å². The molecule has 1 amide bonds. The van der Waals surface area contributed by atoms with E-state index in [1.165, 1.54) is 0 Å². The molecule has 3 aromatic carbocycles. The molecule has 0 heterocycles. The van der Waals surface area contributed by atoms with E-state index >= 15 is 0 Å². The van der Waals surface area contributed by atoms with Crippen LogP contribution in [-0.4, -0.2) is 19.6 Å². The third-order valence-corrected chi connectivity index (χ3v) is 4.20. The second-order valence-corrected chi connectivity index (χ2v) is 6.00. The van der Waals surface area contributed by atoms with Gasteiger partial charge in [-0.2, -0.15) is 0 Å². The van der Waals surface area contributed by atoms with Crippen LogP contribution in [0.1, 0.15) is 22.6 Å². The van der Waals surface area contributed by atoms with Gasteiger partial charge >= 0.3 is 0 Å². The zero-order valence-electron chi connectivity index (χ0n) is 15.2. The zero-order chi connectivity index (χ0) is 18.9. The topological polar surface area (TPSA) is 38.3 Å². The molecule has 1 N–H and O–H groups in total. The van der Waals surface area contributed by atoms with E-state index in [-0.39, 0.29) is 11.8 Å². The minimum absolute atomic E-state index is 0.0589. The Hall–Kier alpha value is -3.51. The van der Waals surface area contributed by atoms with E-state index in [0.29, 0.717) is 6.54 Å². The lowest BCUT2D eigenvalue weighted by molar-refractivity contribution is -0.121. The molecular formula is C24H21NO2. The maximum atomic E-state index is 12.8. The molecule has 0 unspecified atom stereocenters. The van der Waals surface area contributed by atoms with Crippen LogP contribution in [0.25, 0.3) is 0 Å². The van der Waals surface area contributed by atoms with Crippen LogP contribution in [0.2, 0.25) is 0 Å². The fraction of sp³-hybridized carbons (Fsp3) is 0.125. The summed E-state index contributed by atoms with van der Waals surface area (Å²) in [6, 6.07) is 27.1. The Morgan fingerprint density at radius 1 is 0.889 bits per heavy atom. The summed E-state index contributed by atoms with van der Waals surface area (Å²) in [4.78, 5) is 12.8. The Kier molecular flexibility index (Phi) is 6.27. The summed E-state index contributed by atoms with van der Waals surface area (Å²) in [5.41, 5.74) is 2.81. The lowest BCUT2D eigenvalue weighted by Gasteiger charge is -2.17. The summed E-state index contributed by atoms with van der Waals surface area (Å²) in [5, 5.41) is 2.94. The van der Waals surface area contributed by atoms with Crippen molar-refractivity contribution in [2.75, 3.05) is 13.7 Å². The molecular weight excluding hydrogens is 334 g/mol. The van der Waals surface area contributed by atoms with Gasteiger partial charge in [-0.1, -0.05) is 72.5 Å². The van der Waals surface area contributed by atoms with Gasteiger partial charge in [0, 0.05) is 5.56 Å². The molecule has 3 nitrogen and oxygen atoms in total. The molecule has 0 aliphatic rings. The molecule has 27 heavy (non-hydrogen) atoms. The van der Waals surface area contributed by atoms with E-state index < -0.39 is 0 Å². The van der Waals surface area contributed by atoms with Crippen molar-refractivity contribution >= 4 is 5.91 Å². The predicted octanol–water partition coefficient (Wildman–Crippen LogP) is 4.00. The van der Waals surface area contributed by atoms with Crippen LogP contribution in [0.3, 0.4) is 0 Å². The molecule has 0 atom stereocenters. The lowest BCUT2D eigenvalue weighted by atomic mass is 9.90. The molecule has 3 rings (SSSR count). The van der Waals surface area contributed by atoms with E-state index in [1.807, 2.05) is 84.9 Å². The fourth-order valence-corrected chi connectivity index (χ4v) is 2.84. The maximum Gasteiger partial charge on any atom is 0.232 e. The van der Waals surface area contributed by atoms with E-state index in [4.69, 9.17) is 4.74 Å². The SMILES string of the molecule is COc1ccc(C#CCNC(=O)C(c2ccccc2)c2ccccc2)cc1. The highest BCUT2D eigenvalue weighted by Crippen LogP contribution is 2.24. The zero-order valence-corrected chi connectivity index (χ0v) is 15.2. The highest BCUT2D eigenvalue weighted by Gasteiger charge is 2.21. The van der Waals surface area contributed by atoms with Crippen LogP contribution in [0.4, 0.5) is 0 Å². The summed E-state index contributed by atoms with van der Waals surface area (Å²) in [5.74, 6) is 6.44. The Bertz CT molecular complexity index is 883. The quantitative estimate of drug-likeness (QED) is 0.703. The number of hydrogen-bond acceptors (Lipinski definition) is 2. The molecule has 0 aromatic heterocycles.